The van der Waals surface area contributed by atoms with Crippen LogP contribution in [-0.4, -0.2) is 24.0 Å². The number of aromatic nitrogens is 2. The van der Waals surface area contributed by atoms with E-state index in [1.54, 1.807) is 55.5 Å². The summed E-state index contributed by atoms with van der Waals surface area (Å²) in [5.74, 6) is -0.0640. The number of alkyl halides is 3. The Bertz CT molecular complexity index is 1560. The van der Waals surface area contributed by atoms with Crippen LogP contribution < -0.4 is 10.3 Å². The molecule has 0 radical (unpaired) electrons. The molecule has 0 aliphatic heterocycles. The first-order valence-corrected chi connectivity index (χ1v) is 12.6. The van der Waals surface area contributed by atoms with Crippen LogP contribution in [0.2, 0.25) is 0 Å². The number of nitrogens with zero attached hydrogens (tertiary/aromatic N) is 2. The molecule has 6 nitrogen and oxygen atoms in total. The number of benzene rings is 3. The number of halogens is 3. The summed E-state index contributed by atoms with van der Waals surface area (Å²) in [4.78, 5) is 12.9. The van der Waals surface area contributed by atoms with E-state index in [4.69, 9.17) is 0 Å². The third-order valence-corrected chi connectivity index (χ3v) is 6.91. The van der Waals surface area contributed by atoms with Gasteiger partial charge in [0.1, 0.15) is 0 Å². The maximum absolute atomic E-state index is 12.9. The lowest BCUT2D eigenvalue weighted by Gasteiger charge is -2.12. The first-order valence-electron chi connectivity index (χ1n) is 11.0. The van der Waals surface area contributed by atoms with Gasteiger partial charge in [0.15, 0.2) is 0 Å². The first-order chi connectivity index (χ1) is 17.0. The SMILES string of the molecule is CCS(=O)(=O)Nc1cccc(-c2cc(=O)n(-c3ccc(-c4ccc(C(F)(F)F)cc4)cc3)nc2C)c1. The van der Waals surface area contributed by atoms with Gasteiger partial charge in [-0.1, -0.05) is 36.4 Å². The van der Waals surface area contributed by atoms with Gasteiger partial charge in [-0.3, -0.25) is 9.52 Å². The molecule has 1 N–H and O–H groups in total. The number of hydrogen-bond acceptors (Lipinski definition) is 4. The summed E-state index contributed by atoms with van der Waals surface area (Å²) >= 11 is 0. The van der Waals surface area contributed by atoms with Crippen molar-refractivity contribution in [2.24, 2.45) is 0 Å². The zero-order valence-corrected chi connectivity index (χ0v) is 20.2. The van der Waals surface area contributed by atoms with Crippen LogP contribution in [0.1, 0.15) is 18.2 Å². The maximum atomic E-state index is 12.9. The standard InChI is InChI=1S/C26H22F3N3O3S/c1-3-36(34,35)31-22-6-4-5-20(15-22)24-16-25(33)32(30-17(24)2)23-13-9-19(10-14-23)18-7-11-21(12-8-18)26(27,28)29/h4-16,31H,3H2,1-2H3. The van der Waals surface area contributed by atoms with Crippen LogP contribution in [0.5, 0.6) is 0 Å². The van der Waals surface area contributed by atoms with Crippen molar-refractivity contribution >= 4 is 15.7 Å². The topological polar surface area (TPSA) is 81.1 Å². The lowest BCUT2D eigenvalue weighted by atomic mass is 10.0. The fraction of sp³-hybridized carbons (Fsp3) is 0.154. The van der Waals surface area contributed by atoms with Crippen LogP contribution in [0.3, 0.4) is 0 Å². The molecule has 1 aromatic heterocycles. The summed E-state index contributed by atoms with van der Waals surface area (Å²) in [7, 11) is -3.45. The molecular formula is C26H22F3N3O3S. The van der Waals surface area contributed by atoms with E-state index >= 15 is 0 Å². The molecule has 0 saturated carbocycles. The molecular weight excluding hydrogens is 491 g/mol. The Morgan fingerprint density at radius 3 is 2.08 bits per heavy atom. The Morgan fingerprint density at radius 1 is 0.889 bits per heavy atom. The summed E-state index contributed by atoms with van der Waals surface area (Å²) in [5.41, 5.74) is 2.83. The van der Waals surface area contributed by atoms with Gasteiger partial charge in [-0.15, -0.1) is 0 Å². The second kappa shape index (κ2) is 9.62. The second-order valence-corrected chi connectivity index (χ2v) is 10.1. The molecule has 36 heavy (non-hydrogen) atoms. The summed E-state index contributed by atoms with van der Waals surface area (Å²) < 4.78 is 65.9. The molecule has 0 amide bonds. The highest BCUT2D eigenvalue weighted by Gasteiger charge is 2.29. The Kier molecular flexibility index (Phi) is 6.73. The van der Waals surface area contributed by atoms with Gasteiger partial charge >= 0.3 is 6.18 Å². The Hall–Kier alpha value is -3.92. The molecule has 0 aliphatic rings. The van der Waals surface area contributed by atoms with Gasteiger partial charge in [-0.2, -0.15) is 23.0 Å². The highest BCUT2D eigenvalue weighted by atomic mass is 32.2. The van der Waals surface area contributed by atoms with E-state index < -0.39 is 27.3 Å². The molecule has 1 heterocycles. The van der Waals surface area contributed by atoms with Gasteiger partial charge in [0.2, 0.25) is 10.0 Å². The van der Waals surface area contributed by atoms with Gasteiger partial charge in [-0.25, -0.2) is 8.42 Å². The monoisotopic (exact) mass is 513 g/mol. The molecule has 10 heteroatoms. The number of nitrogens with one attached hydrogen (secondary N) is 1. The van der Waals surface area contributed by atoms with Crippen molar-refractivity contribution in [2.75, 3.05) is 10.5 Å². The fourth-order valence-electron chi connectivity index (χ4n) is 3.67. The van der Waals surface area contributed by atoms with E-state index in [9.17, 15) is 26.4 Å². The lowest BCUT2D eigenvalue weighted by molar-refractivity contribution is -0.137. The fourth-order valence-corrected chi connectivity index (χ4v) is 4.30. The van der Waals surface area contributed by atoms with Gasteiger partial charge in [0.25, 0.3) is 5.56 Å². The van der Waals surface area contributed by atoms with E-state index in [0.29, 0.717) is 39.3 Å². The van der Waals surface area contributed by atoms with Crippen LogP contribution in [0.4, 0.5) is 18.9 Å². The summed E-state index contributed by atoms with van der Waals surface area (Å²) in [6.07, 6.45) is -4.40. The largest absolute Gasteiger partial charge is 0.416 e. The third-order valence-electron chi connectivity index (χ3n) is 5.60. The molecule has 0 saturated heterocycles. The van der Waals surface area contributed by atoms with Crippen LogP contribution in [0.15, 0.2) is 83.7 Å². The van der Waals surface area contributed by atoms with Gasteiger partial charge in [0, 0.05) is 17.3 Å². The minimum absolute atomic E-state index is 0.0640. The van der Waals surface area contributed by atoms with Gasteiger partial charge in [0.05, 0.1) is 22.7 Å². The van der Waals surface area contributed by atoms with Crippen LogP contribution in [-0.2, 0) is 16.2 Å². The number of sulfonamides is 1. The predicted octanol–water partition coefficient (Wildman–Crippen LogP) is 5.66. The van der Waals surface area contributed by atoms with Crippen molar-refractivity contribution in [3.63, 3.8) is 0 Å². The Morgan fingerprint density at radius 2 is 1.50 bits per heavy atom. The van der Waals surface area contributed by atoms with Crippen LogP contribution in [0.25, 0.3) is 27.9 Å². The number of aryl methyl sites for hydroxylation is 1. The number of hydrogen-bond donors (Lipinski definition) is 1. The molecule has 0 atom stereocenters. The molecule has 186 valence electrons. The molecule has 0 bridgehead atoms. The molecule has 4 aromatic rings. The summed E-state index contributed by atoms with van der Waals surface area (Å²) in [5, 5.41) is 4.42. The molecule has 0 fully saturated rings. The van der Waals surface area contributed by atoms with Crippen molar-refractivity contribution in [3.8, 4) is 27.9 Å². The first kappa shape index (κ1) is 25.2. The predicted molar refractivity (Wildman–Crippen MR) is 134 cm³/mol. The van der Waals surface area contributed by atoms with Crippen molar-refractivity contribution in [1.29, 1.82) is 0 Å². The van der Waals surface area contributed by atoms with E-state index in [0.717, 1.165) is 12.1 Å². The summed E-state index contributed by atoms with van der Waals surface area (Å²) in [6.45, 7) is 3.28. The highest BCUT2D eigenvalue weighted by Crippen LogP contribution is 2.31. The van der Waals surface area contributed by atoms with Crippen molar-refractivity contribution in [3.05, 3.63) is 100 Å². The lowest BCUT2D eigenvalue weighted by Crippen LogP contribution is -2.21. The van der Waals surface area contributed by atoms with Crippen molar-refractivity contribution < 1.29 is 21.6 Å². The van der Waals surface area contributed by atoms with Crippen molar-refractivity contribution in [1.82, 2.24) is 9.78 Å². The zero-order chi connectivity index (χ0) is 26.1. The van der Waals surface area contributed by atoms with Gasteiger partial charge < -0.3 is 0 Å². The second-order valence-electron chi connectivity index (χ2n) is 8.10. The summed E-state index contributed by atoms with van der Waals surface area (Å²) in [6, 6.07) is 19.7. The van der Waals surface area contributed by atoms with Gasteiger partial charge in [-0.05, 0) is 66.9 Å². The Labute approximate surface area is 206 Å². The van der Waals surface area contributed by atoms with Crippen molar-refractivity contribution in [2.45, 2.75) is 20.0 Å². The van der Waals surface area contributed by atoms with E-state index in [1.807, 2.05) is 0 Å². The number of anilines is 1. The molecule has 4 rings (SSSR count). The number of rotatable bonds is 6. The zero-order valence-electron chi connectivity index (χ0n) is 19.4. The quantitative estimate of drug-likeness (QED) is 0.361. The maximum Gasteiger partial charge on any atom is 0.416 e. The Balaban J connectivity index is 1.62. The van der Waals surface area contributed by atoms with E-state index in [2.05, 4.69) is 9.82 Å². The molecule has 3 aromatic carbocycles. The molecule has 0 unspecified atom stereocenters. The van der Waals surface area contributed by atoms with E-state index in [-0.39, 0.29) is 5.75 Å². The third kappa shape index (κ3) is 5.49. The highest BCUT2D eigenvalue weighted by molar-refractivity contribution is 7.92. The normalized spacial score (nSPS) is 11.9. The average Bonchev–Trinajstić information content (AvgIpc) is 2.85. The molecule has 0 spiro atoms. The van der Waals surface area contributed by atoms with E-state index in [1.165, 1.54) is 29.8 Å². The minimum Gasteiger partial charge on any atom is -0.284 e. The smallest absolute Gasteiger partial charge is 0.284 e. The van der Waals surface area contributed by atoms with Crippen LogP contribution in [0, 0.1) is 6.92 Å². The van der Waals surface area contributed by atoms with Crippen LogP contribution >= 0.6 is 0 Å². The average molecular weight is 514 g/mol. The molecule has 0 aliphatic carbocycles. The minimum atomic E-state index is -4.40.